The molecule has 1 unspecified atom stereocenters. The highest BCUT2D eigenvalue weighted by atomic mass is 127. The molecule has 1 aliphatic heterocycles. The number of fused-ring (bicyclic) bond motifs is 1. The van der Waals surface area contributed by atoms with Gasteiger partial charge >= 0.3 is 6.09 Å². The molecule has 7 nitrogen and oxygen atoms in total. The molecule has 0 saturated carbocycles. The summed E-state index contributed by atoms with van der Waals surface area (Å²) in [6.45, 7) is 12.2. The second-order valence-corrected chi connectivity index (χ2v) is 10.9. The van der Waals surface area contributed by atoms with Gasteiger partial charge in [0.05, 0.1) is 33.1 Å². The van der Waals surface area contributed by atoms with Crippen LogP contribution in [-0.2, 0) is 4.74 Å². The first-order valence-corrected chi connectivity index (χ1v) is 12.0. The molecule has 3 heterocycles. The molecule has 1 N–H and O–H groups in total. The predicted octanol–water partition coefficient (Wildman–Crippen LogP) is 5.51. The van der Waals surface area contributed by atoms with Gasteiger partial charge in [-0.15, -0.1) is 5.10 Å². The topological polar surface area (TPSA) is 71.8 Å². The summed E-state index contributed by atoms with van der Waals surface area (Å²) in [5.41, 5.74) is 1.15. The van der Waals surface area contributed by atoms with Gasteiger partial charge in [0.1, 0.15) is 17.3 Å². The van der Waals surface area contributed by atoms with Crippen molar-refractivity contribution in [2.75, 3.05) is 18.4 Å². The minimum absolute atomic E-state index is 0.0301. The fourth-order valence-corrected chi connectivity index (χ4v) is 4.72. The number of halogens is 3. The lowest BCUT2D eigenvalue weighted by Gasteiger charge is -2.35. The summed E-state index contributed by atoms with van der Waals surface area (Å²) >= 11 is 8.76. The zero-order valence-corrected chi connectivity index (χ0v) is 21.7. The third kappa shape index (κ3) is 5.35. The Hall–Kier alpha value is -1.36. The molecule has 0 spiro atoms. The number of carbonyl (C=O) groups excluding carboxylic acids is 1. The largest absolute Gasteiger partial charge is 0.444 e. The highest BCUT2D eigenvalue weighted by Crippen LogP contribution is 2.36. The Kier molecular flexibility index (Phi) is 7.25. The highest BCUT2D eigenvalue weighted by Gasteiger charge is 2.34. The molecule has 3 atom stereocenters. The SMILES string of the molecule is CC(C)C(C)c1c(I)c(Cl)c2cnc(N[C@H]3CCN(C(=O)OC(C)(C)C)C[C@H]3F)nn12. The average Bonchev–Trinajstić information content (AvgIpc) is 2.91. The number of amides is 1. The van der Waals surface area contributed by atoms with Gasteiger partial charge < -0.3 is 15.0 Å². The quantitative estimate of drug-likeness (QED) is 0.496. The van der Waals surface area contributed by atoms with Crippen molar-refractivity contribution in [2.45, 2.75) is 71.7 Å². The van der Waals surface area contributed by atoms with E-state index in [4.69, 9.17) is 16.3 Å². The summed E-state index contributed by atoms with van der Waals surface area (Å²) in [4.78, 5) is 18.0. The first-order valence-electron chi connectivity index (χ1n) is 10.5. The molecule has 2 aromatic rings. The Morgan fingerprint density at radius 1 is 1.39 bits per heavy atom. The van der Waals surface area contributed by atoms with Crippen LogP contribution in [0, 0.1) is 9.49 Å². The van der Waals surface area contributed by atoms with Crippen LogP contribution in [0.25, 0.3) is 5.52 Å². The van der Waals surface area contributed by atoms with E-state index >= 15 is 0 Å². The first-order chi connectivity index (χ1) is 14.4. The second kappa shape index (κ2) is 9.25. The van der Waals surface area contributed by atoms with Crippen molar-refractivity contribution < 1.29 is 13.9 Å². The highest BCUT2D eigenvalue weighted by molar-refractivity contribution is 14.1. The van der Waals surface area contributed by atoms with E-state index < -0.39 is 23.9 Å². The number of nitrogens with zero attached hydrogens (tertiary/aromatic N) is 4. The van der Waals surface area contributed by atoms with Gasteiger partial charge in [-0.25, -0.2) is 18.7 Å². The normalized spacial score (nSPS) is 20.9. The molecule has 1 amide bonds. The van der Waals surface area contributed by atoms with E-state index in [1.54, 1.807) is 27.0 Å². The minimum Gasteiger partial charge on any atom is -0.444 e. The van der Waals surface area contributed by atoms with Crippen LogP contribution in [0.3, 0.4) is 0 Å². The van der Waals surface area contributed by atoms with Gasteiger partial charge in [-0.1, -0.05) is 32.4 Å². The van der Waals surface area contributed by atoms with Crippen LogP contribution in [-0.4, -0.2) is 56.5 Å². The van der Waals surface area contributed by atoms with Gasteiger partial charge in [-0.05, 0) is 55.7 Å². The van der Waals surface area contributed by atoms with Gasteiger partial charge in [-0.3, -0.25) is 0 Å². The number of ether oxygens (including phenoxy) is 1. The molecule has 0 aromatic carbocycles. The standard InChI is InChI=1S/C21H30ClFIN5O2/c1-11(2)12(3)18-17(24)16(22)15-9-25-19(27-29(15)18)26-14-7-8-28(10-13(14)23)20(30)31-21(4,5)6/h9,11-14H,7-8,10H2,1-6H3,(H,26,27)/t12?,13-,14+/m1/s1. The molecular formula is C21H30ClFIN5O2. The van der Waals surface area contributed by atoms with Crippen molar-refractivity contribution in [1.29, 1.82) is 0 Å². The van der Waals surface area contributed by atoms with Gasteiger partial charge in [0.15, 0.2) is 0 Å². The third-order valence-electron chi connectivity index (χ3n) is 5.54. The predicted molar refractivity (Wildman–Crippen MR) is 129 cm³/mol. The third-order valence-corrected chi connectivity index (χ3v) is 7.34. The smallest absolute Gasteiger partial charge is 0.410 e. The molecule has 0 bridgehead atoms. The fraction of sp³-hybridized carbons (Fsp3) is 0.667. The maximum Gasteiger partial charge on any atom is 0.410 e. The van der Waals surface area contributed by atoms with Crippen LogP contribution in [0.15, 0.2) is 6.20 Å². The minimum atomic E-state index is -1.26. The number of aromatic nitrogens is 3. The zero-order valence-electron chi connectivity index (χ0n) is 18.7. The maximum absolute atomic E-state index is 14.9. The van der Waals surface area contributed by atoms with Crippen LogP contribution in [0.1, 0.15) is 59.6 Å². The van der Waals surface area contributed by atoms with E-state index in [-0.39, 0.29) is 12.5 Å². The van der Waals surface area contributed by atoms with Crippen molar-refractivity contribution >= 4 is 51.8 Å². The summed E-state index contributed by atoms with van der Waals surface area (Å²) in [6.07, 6.45) is 0.346. The second-order valence-electron chi connectivity index (χ2n) is 9.41. The molecule has 1 fully saturated rings. The molecule has 31 heavy (non-hydrogen) atoms. The van der Waals surface area contributed by atoms with Crippen molar-refractivity contribution in [3.63, 3.8) is 0 Å². The number of piperidine rings is 1. The van der Waals surface area contributed by atoms with Crippen LogP contribution >= 0.6 is 34.2 Å². The van der Waals surface area contributed by atoms with Crippen molar-refractivity contribution in [3.05, 3.63) is 20.5 Å². The van der Waals surface area contributed by atoms with E-state index in [9.17, 15) is 9.18 Å². The Morgan fingerprint density at radius 3 is 2.65 bits per heavy atom. The number of hydrogen-bond acceptors (Lipinski definition) is 5. The maximum atomic E-state index is 14.9. The summed E-state index contributed by atoms with van der Waals surface area (Å²) in [7, 11) is 0. The average molecular weight is 566 g/mol. The van der Waals surface area contributed by atoms with Gasteiger partial charge in [0.2, 0.25) is 5.95 Å². The van der Waals surface area contributed by atoms with Gasteiger partial charge in [-0.2, -0.15) is 0 Å². The Morgan fingerprint density at radius 2 is 2.06 bits per heavy atom. The van der Waals surface area contributed by atoms with E-state index in [1.807, 2.05) is 4.52 Å². The Labute approximate surface area is 201 Å². The van der Waals surface area contributed by atoms with Crippen molar-refractivity contribution in [1.82, 2.24) is 19.5 Å². The van der Waals surface area contributed by atoms with Gasteiger partial charge in [0, 0.05) is 12.5 Å². The molecule has 1 aliphatic rings. The number of anilines is 1. The molecule has 172 valence electrons. The number of rotatable bonds is 4. The van der Waals surface area contributed by atoms with Crippen molar-refractivity contribution in [3.8, 4) is 0 Å². The van der Waals surface area contributed by atoms with Gasteiger partial charge in [0.25, 0.3) is 0 Å². The monoisotopic (exact) mass is 565 g/mol. The Balaban J connectivity index is 1.77. The first kappa shape index (κ1) is 24.3. The lowest BCUT2D eigenvalue weighted by Crippen LogP contribution is -2.51. The summed E-state index contributed by atoms with van der Waals surface area (Å²) in [5.74, 6) is 0.980. The van der Waals surface area contributed by atoms with Crippen LogP contribution in [0.4, 0.5) is 15.1 Å². The molecule has 2 aromatic heterocycles. The van der Waals surface area contributed by atoms with E-state index in [2.05, 4.69) is 58.8 Å². The summed E-state index contributed by atoms with van der Waals surface area (Å²) in [5, 5.41) is 8.37. The molecule has 0 radical (unpaired) electrons. The van der Waals surface area contributed by atoms with Crippen molar-refractivity contribution in [2.24, 2.45) is 5.92 Å². The lowest BCUT2D eigenvalue weighted by atomic mass is 9.95. The number of likely N-dealkylation sites (tertiary alicyclic amines) is 1. The number of alkyl halides is 1. The summed E-state index contributed by atoms with van der Waals surface area (Å²) < 4.78 is 23.0. The zero-order chi connectivity index (χ0) is 23.1. The Bertz CT molecular complexity index is 961. The van der Waals surface area contributed by atoms with E-state index in [1.165, 1.54) is 4.90 Å². The van der Waals surface area contributed by atoms with Crippen LogP contribution in [0.2, 0.25) is 5.02 Å². The number of nitrogens with one attached hydrogen (secondary N) is 1. The molecule has 0 aliphatic carbocycles. The molecular weight excluding hydrogens is 536 g/mol. The van der Waals surface area contributed by atoms with E-state index in [0.29, 0.717) is 29.9 Å². The fourth-order valence-electron chi connectivity index (χ4n) is 3.50. The molecule has 3 rings (SSSR count). The summed E-state index contributed by atoms with van der Waals surface area (Å²) in [6, 6.07) is -0.493. The lowest BCUT2D eigenvalue weighted by molar-refractivity contribution is 0.0125. The molecule has 10 heteroatoms. The van der Waals surface area contributed by atoms with E-state index in [0.717, 1.165) is 14.8 Å². The van der Waals surface area contributed by atoms with Crippen LogP contribution in [0.5, 0.6) is 0 Å². The number of hydrogen-bond donors (Lipinski definition) is 1. The number of carbonyl (C=O) groups is 1. The van der Waals surface area contributed by atoms with Crippen LogP contribution < -0.4 is 5.32 Å². The molecule has 1 saturated heterocycles.